The summed E-state index contributed by atoms with van der Waals surface area (Å²) in [4.78, 5) is 26.1. The lowest BCUT2D eigenvalue weighted by Gasteiger charge is -2.18. The van der Waals surface area contributed by atoms with Gasteiger partial charge in [-0.05, 0) is 17.7 Å². The minimum Gasteiger partial charge on any atom is -0.352 e. The largest absolute Gasteiger partial charge is 0.352 e. The summed E-state index contributed by atoms with van der Waals surface area (Å²) >= 11 is 12.2. The molecule has 24 heavy (non-hydrogen) atoms. The Balaban J connectivity index is 1.66. The third-order valence-electron chi connectivity index (χ3n) is 4.03. The first-order chi connectivity index (χ1) is 11.6. The Morgan fingerprint density at radius 2 is 1.88 bits per heavy atom. The zero-order valence-corrected chi connectivity index (χ0v) is 14.3. The van der Waals surface area contributed by atoms with Gasteiger partial charge in [0, 0.05) is 19.5 Å². The van der Waals surface area contributed by atoms with Gasteiger partial charge in [-0.1, -0.05) is 59.6 Å². The first kappa shape index (κ1) is 16.8. The highest BCUT2D eigenvalue weighted by molar-refractivity contribution is 6.44. The number of carbonyl (C=O) groups excluding carboxylic acids is 2. The molecule has 2 aromatic carbocycles. The molecule has 0 aromatic heterocycles. The number of hydrogen-bond acceptors (Lipinski definition) is 2. The maximum atomic E-state index is 12.3. The molecule has 0 saturated carbocycles. The molecule has 1 aliphatic heterocycles. The minimum absolute atomic E-state index is 0.126. The predicted octanol–water partition coefficient (Wildman–Crippen LogP) is 3.66. The third kappa shape index (κ3) is 3.55. The van der Waals surface area contributed by atoms with Crippen molar-refractivity contribution in [2.75, 3.05) is 11.4 Å². The van der Waals surface area contributed by atoms with Crippen LogP contribution in [0.3, 0.4) is 0 Å². The zero-order valence-electron chi connectivity index (χ0n) is 12.8. The molecule has 0 unspecified atom stereocenters. The van der Waals surface area contributed by atoms with Crippen LogP contribution in [0.1, 0.15) is 12.0 Å². The standard InChI is InChI=1S/C18H16Cl2N2O2/c19-14-7-4-8-15(17(14)20)22-11-13(9-16(22)23)18(24)21-10-12-5-2-1-3-6-12/h1-8,13H,9-11H2,(H,21,24)/t13-/m0/s1. The van der Waals surface area contributed by atoms with Gasteiger partial charge in [0.05, 0.1) is 21.7 Å². The number of anilines is 1. The molecule has 0 aliphatic carbocycles. The summed E-state index contributed by atoms with van der Waals surface area (Å²) in [6, 6.07) is 14.8. The molecule has 1 saturated heterocycles. The molecule has 0 bridgehead atoms. The van der Waals surface area contributed by atoms with E-state index in [1.807, 2.05) is 30.3 Å². The Labute approximate surface area is 150 Å². The van der Waals surface area contributed by atoms with Crippen molar-refractivity contribution in [1.82, 2.24) is 5.32 Å². The van der Waals surface area contributed by atoms with Gasteiger partial charge >= 0.3 is 0 Å². The average molecular weight is 363 g/mol. The molecule has 2 aromatic rings. The van der Waals surface area contributed by atoms with Crippen molar-refractivity contribution in [3.63, 3.8) is 0 Å². The van der Waals surface area contributed by atoms with Gasteiger partial charge in [-0.3, -0.25) is 9.59 Å². The fourth-order valence-corrected chi connectivity index (χ4v) is 3.14. The number of amides is 2. The quantitative estimate of drug-likeness (QED) is 0.901. The van der Waals surface area contributed by atoms with Crippen LogP contribution in [0.5, 0.6) is 0 Å². The lowest BCUT2D eigenvalue weighted by molar-refractivity contribution is -0.126. The SMILES string of the molecule is O=C(NCc1ccccc1)[C@H]1CC(=O)N(c2cccc(Cl)c2Cl)C1. The fourth-order valence-electron chi connectivity index (χ4n) is 2.75. The summed E-state index contributed by atoms with van der Waals surface area (Å²) < 4.78 is 0. The molecule has 2 amide bonds. The topological polar surface area (TPSA) is 49.4 Å². The number of nitrogens with one attached hydrogen (secondary N) is 1. The molecule has 124 valence electrons. The smallest absolute Gasteiger partial charge is 0.227 e. The molecule has 4 nitrogen and oxygen atoms in total. The molecular formula is C18H16Cl2N2O2. The van der Waals surface area contributed by atoms with E-state index in [1.54, 1.807) is 18.2 Å². The van der Waals surface area contributed by atoms with Gasteiger partial charge < -0.3 is 10.2 Å². The van der Waals surface area contributed by atoms with Gasteiger partial charge in [-0.15, -0.1) is 0 Å². The lowest BCUT2D eigenvalue weighted by atomic mass is 10.1. The van der Waals surface area contributed by atoms with Crippen molar-refractivity contribution in [1.29, 1.82) is 0 Å². The van der Waals surface area contributed by atoms with Gasteiger partial charge in [-0.2, -0.15) is 0 Å². The van der Waals surface area contributed by atoms with Crippen LogP contribution in [0, 0.1) is 5.92 Å². The maximum Gasteiger partial charge on any atom is 0.227 e. The summed E-state index contributed by atoms with van der Waals surface area (Å²) in [5.41, 5.74) is 1.57. The summed E-state index contributed by atoms with van der Waals surface area (Å²) in [7, 11) is 0. The van der Waals surface area contributed by atoms with Gasteiger partial charge in [0.1, 0.15) is 0 Å². The second kappa shape index (κ2) is 7.24. The van der Waals surface area contributed by atoms with E-state index in [9.17, 15) is 9.59 Å². The van der Waals surface area contributed by atoms with Crippen LogP contribution in [0.2, 0.25) is 10.0 Å². The summed E-state index contributed by atoms with van der Waals surface area (Å²) in [6.07, 6.45) is 0.170. The van der Waals surface area contributed by atoms with Crippen molar-refractivity contribution < 1.29 is 9.59 Å². The monoisotopic (exact) mass is 362 g/mol. The number of rotatable bonds is 4. The number of nitrogens with zero attached hydrogens (tertiary/aromatic N) is 1. The van der Waals surface area contributed by atoms with Crippen molar-refractivity contribution in [3.8, 4) is 0 Å². The number of halogens is 2. The second-order valence-electron chi connectivity index (χ2n) is 5.68. The van der Waals surface area contributed by atoms with E-state index in [4.69, 9.17) is 23.2 Å². The Morgan fingerprint density at radius 1 is 1.12 bits per heavy atom. The van der Waals surface area contributed by atoms with Crippen LogP contribution in [-0.2, 0) is 16.1 Å². The van der Waals surface area contributed by atoms with Crippen LogP contribution in [0.4, 0.5) is 5.69 Å². The van der Waals surface area contributed by atoms with Crippen LogP contribution in [0.15, 0.2) is 48.5 Å². The number of benzene rings is 2. The summed E-state index contributed by atoms with van der Waals surface area (Å²) in [5.74, 6) is -0.650. The van der Waals surface area contributed by atoms with Crippen LogP contribution in [0.25, 0.3) is 0 Å². The zero-order chi connectivity index (χ0) is 17.1. The molecule has 1 atom stereocenters. The first-order valence-corrected chi connectivity index (χ1v) is 8.38. The van der Waals surface area contributed by atoms with Crippen molar-refractivity contribution in [3.05, 3.63) is 64.1 Å². The van der Waals surface area contributed by atoms with E-state index in [0.29, 0.717) is 28.8 Å². The first-order valence-electron chi connectivity index (χ1n) is 7.62. The van der Waals surface area contributed by atoms with Gasteiger partial charge in [0.2, 0.25) is 11.8 Å². The molecule has 1 heterocycles. The van der Waals surface area contributed by atoms with E-state index in [0.717, 1.165) is 5.56 Å². The molecular weight excluding hydrogens is 347 g/mol. The molecule has 1 N–H and O–H groups in total. The Bertz CT molecular complexity index is 765. The molecule has 3 rings (SSSR count). The molecule has 1 aliphatic rings. The second-order valence-corrected chi connectivity index (χ2v) is 6.47. The van der Waals surface area contributed by atoms with Gasteiger partial charge in [0.15, 0.2) is 0 Å². The van der Waals surface area contributed by atoms with Crippen LogP contribution >= 0.6 is 23.2 Å². The van der Waals surface area contributed by atoms with Crippen LogP contribution < -0.4 is 10.2 Å². The van der Waals surface area contributed by atoms with E-state index in [-0.39, 0.29) is 18.2 Å². The molecule has 0 spiro atoms. The molecule has 1 fully saturated rings. The highest BCUT2D eigenvalue weighted by Crippen LogP contribution is 2.35. The average Bonchev–Trinajstić information content (AvgIpc) is 2.98. The van der Waals surface area contributed by atoms with Crippen molar-refractivity contribution >= 4 is 40.7 Å². The van der Waals surface area contributed by atoms with E-state index >= 15 is 0 Å². The Kier molecular flexibility index (Phi) is 5.07. The number of hydrogen-bond donors (Lipinski definition) is 1. The van der Waals surface area contributed by atoms with Crippen molar-refractivity contribution in [2.24, 2.45) is 5.92 Å². The lowest BCUT2D eigenvalue weighted by Crippen LogP contribution is -2.32. The minimum atomic E-state index is -0.392. The van der Waals surface area contributed by atoms with Crippen molar-refractivity contribution in [2.45, 2.75) is 13.0 Å². The van der Waals surface area contributed by atoms with Gasteiger partial charge in [-0.25, -0.2) is 0 Å². The maximum absolute atomic E-state index is 12.3. The Hall–Kier alpha value is -2.04. The Morgan fingerprint density at radius 3 is 2.62 bits per heavy atom. The van der Waals surface area contributed by atoms with Crippen LogP contribution in [-0.4, -0.2) is 18.4 Å². The van der Waals surface area contributed by atoms with E-state index in [1.165, 1.54) is 4.90 Å². The fraction of sp³-hybridized carbons (Fsp3) is 0.222. The summed E-state index contributed by atoms with van der Waals surface area (Å²) in [6.45, 7) is 0.752. The van der Waals surface area contributed by atoms with E-state index < -0.39 is 5.92 Å². The highest BCUT2D eigenvalue weighted by atomic mass is 35.5. The summed E-state index contributed by atoms with van der Waals surface area (Å²) in [5, 5.41) is 3.60. The normalized spacial score (nSPS) is 17.2. The third-order valence-corrected chi connectivity index (χ3v) is 4.84. The number of carbonyl (C=O) groups is 2. The van der Waals surface area contributed by atoms with Gasteiger partial charge in [0.25, 0.3) is 0 Å². The van der Waals surface area contributed by atoms with E-state index in [2.05, 4.69) is 5.32 Å². The molecule has 6 heteroatoms. The highest BCUT2D eigenvalue weighted by Gasteiger charge is 2.36. The predicted molar refractivity (Wildman–Crippen MR) is 95.2 cm³/mol. The molecule has 0 radical (unpaired) electrons.